The fraction of sp³-hybridized carbons (Fsp3) is 0.300. The number of benzene rings is 1. The second-order valence-electron chi connectivity index (χ2n) is 3.74. The van der Waals surface area contributed by atoms with Gasteiger partial charge in [0.05, 0.1) is 22.2 Å². The summed E-state index contributed by atoms with van der Waals surface area (Å²) in [6.45, 7) is 1.04. The van der Waals surface area contributed by atoms with E-state index in [0.717, 1.165) is 12.1 Å². The van der Waals surface area contributed by atoms with Crippen molar-refractivity contribution in [1.82, 2.24) is 4.72 Å². The van der Waals surface area contributed by atoms with Crippen molar-refractivity contribution < 1.29 is 23.4 Å². The van der Waals surface area contributed by atoms with Crippen LogP contribution in [0.2, 0.25) is 10.0 Å². The number of carboxylic acids is 1. The van der Waals surface area contributed by atoms with Crippen LogP contribution < -0.4 is 4.72 Å². The number of rotatable bonds is 5. The maximum absolute atomic E-state index is 12.0. The third-order valence-corrected chi connectivity index (χ3v) is 4.64. The van der Waals surface area contributed by atoms with Gasteiger partial charge in [0.1, 0.15) is 4.90 Å². The first-order valence-electron chi connectivity index (χ1n) is 5.05. The second-order valence-corrected chi connectivity index (χ2v) is 6.21. The molecule has 0 aliphatic rings. The lowest BCUT2D eigenvalue weighted by atomic mass is 10.2. The number of sulfonamides is 1. The molecule has 1 rings (SSSR count). The van der Waals surface area contributed by atoms with Crippen LogP contribution in [-0.2, 0) is 10.0 Å². The lowest BCUT2D eigenvalue weighted by Crippen LogP contribution is -2.35. The Morgan fingerprint density at radius 2 is 2.00 bits per heavy atom. The summed E-state index contributed by atoms with van der Waals surface area (Å²) in [4.78, 5) is 10.6. The highest BCUT2D eigenvalue weighted by Crippen LogP contribution is 2.31. The van der Waals surface area contributed by atoms with Gasteiger partial charge in [-0.2, -0.15) is 0 Å². The number of halogens is 2. The summed E-state index contributed by atoms with van der Waals surface area (Å²) >= 11 is 11.4. The normalized spacial score (nSPS) is 13.3. The van der Waals surface area contributed by atoms with E-state index in [9.17, 15) is 13.2 Å². The minimum Gasteiger partial charge on any atom is -0.478 e. The number of nitrogens with one attached hydrogen (secondary N) is 1. The van der Waals surface area contributed by atoms with Crippen LogP contribution >= 0.6 is 23.2 Å². The first-order chi connectivity index (χ1) is 8.70. The van der Waals surface area contributed by atoms with Gasteiger partial charge in [-0.1, -0.05) is 23.2 Å². The number of aromatic carboxylic acids is 1. The van der Waals surface area contributed by atoms with Crippen molar-refractivity contribution in [2.24, 2.45) is 0 Å². The average molecular weight is 328 g/mol. The van der Waals surface area contributed by atoms with Gasteiger partial charge in [0.15, 0.2) is 0 Å². The standard InChI is InChI=1S/C10H11Cl2NO5S/c1-5(4-14)13-19(17,18)7-3-2-6(11)8(9(7)12)10(15)16/h2-3,5,13-14H,4H2,1H3,(H,15,16)/t5-/m1/s1. The van der Waals surface area contributed by atoms with E-state index in [-0.39, 0.29) is 5.02 Å². The SMILES string of the molecule is C[C@H](CO)NS(=O)(=O)c1ccc(Cl)c(C(=O)O)c1Cl. The van der Waals surface area contributed by atoms with E-state index in [4.69, 9.17) is 33.4 Å². The van der Waals surface area contributed by atoms with Crippen LogP contribution in [0, 0.1) is 0 Å². The number of hydrogen-bond donors (Lipinski definition) is 3. The maximum atomic E-state index is 12.0. The van der Waals surface area contributed by atoms with Crippen molar-refractivity contribution in [2.75, 3.05) is 6.61 Å². The van der Waals surface area contributed by atoms with E-state index in [1.165, 1.54) is 6.92 Å². The number of hydrogen-bond acceptors (Lipinski definition) is 4. The van der Waals surface area contributed by atoms with Crippen molar-refractivity contribution in [2.45, 2.75) is 17.9 Å². The fourth-order valence-electron chi connectivity index (χ4n) is 1.30. The summed E-state index contributed by atoms with van der Waals surface area (Å²) in [6.07, 6.45) is 0. The molecule has 9 heteroatoms. The largest absolute Gasteiger partial charge is 0.478 e. The molecule has 0 bridgehead atoms. The van der Waals surface area contributed by atoms with Crippen molar-refractivity contribution >= 4 is 39.2 Å². The highest BCUT2D eigenvalue weighted by molar-refractivity contribution is 7.89. The maximum Gasteiger partial charge on any atom is 0.338 e. The molecule has 1 aromatic rings. The molecular weight excluding hydrogens is 317 g/mol. The summed E-state index contributed by atoms with van der Waals surface area (Å²) < 4.78 is 26.1. The predicted octanol–water partition coefficient (Wildman–Crippen LogP) is 1.35. The van der Waals surface area contributed by atoms with E-state index in [2.05, 4.69) is 4.72 Å². The topological polar surface area (TPSA) is 104 Å². The first kappa shape index (κ1) is 16.2. The molecule has 0 amide bonds. The molecule has 1 atom stereocenters. The van der Waals surface area contributed by atoms with Crippen molar-refractivity contribution in [1.29, 1.82) is 0 Å². The van der Waals surface area contributed by atoms with Gasteiger partial charge in [0, 0.05) is 6.04 Å². The molecule has 0 radical (unpaired) electrons. The van der Waals surface area contributed by atoms with Crippen LogP contribution in [0.1, 0.15) is 17.3 Å². The van der Waals surface area contributed by atoms with E-state index < -0.39 is 44.1 Å². The summed E-state index contributed by atoms with van der Waals surface area (Å²) in [5, 5.41) is 17.1. The van der Waals surface area contributed by atoms with Crippen molar-refractivity contribution in [3.05, 3.63) is 27.7 Å². The molecular formula is C10H11Cl2NO5S. The first-order valence-corrected chi connectivity index (χ1v) is 7.29. The van der Waals surface area contributed by atoms with E-state index >= 15 is 0 Å². The van der Waals surface area contributed by atoms with Crippen LogP contribution in [0.3, 0.4) is 0 Å². The number of carboxylic acid groups (broad SMARTS) is 1. The van der Waals surface area contributed by atoms with Gasteiger partial charge >= 0.3 is 5.97 Å². The molecule has 0 spiro atoms. The summed E-state index contributed by atoms with van der Waals surface area (Å²) in [6, 6.07) is 1.50. The molecule has 106 valence electrons. The van der Waals surface area contributed by atoms with Crippen molar-refractivity contribution in [3.63, 3.8) is 0 Å². The Bertz CT molecular complexity index is 602. The zero-order valence-electron chi connectivity index (χ0n) is 9.72. The lowest BCUT2D eigenvalue weighted by Gasteiger charge is -2.14. The quantitative estimate of drug-likeness (QED) is 0.757. The van der Waals surface area contributed by atoms with Crippen LogP contribution in [-0.4, -0.2) is 37.2 Å². The molecule has 0 saturated carbocycles. The minimum atomic E-state index is -4.04. The summed E-state index contributed by atoms with van der Waals surface area (Å²) in [5.74, 6) is -1.43. The van der Waals surface area contributed by atoms with E-state index in [0.29, 0.717) is 0 Å². The minimum absolute atomic E-state index is 0.161. The zero-order valence-corrected chi connectivity index (χ0v) is 12.1. The Hall–Kier alpha value is -0.860. The van der Waals surface area contributed by atoms with Gasteiger partial charge in [0.2, 0.25) is 10.0 Å². The van der Waals surface area contributed by atoms with Crippen LogP contribution in [0.25, 0.3) is 0 Å². The van der Waals surface area contributed by atoms with Gasteiger partial charge in [-0.15, -0.1) is 0 Å². The molecule has 0 saturated heterocycles. The van der Waals surface area contributed by atoms with E-state index in [1.807, 2.05) is 0 Å². The van der Waals surface area contributed by atoms with Gasteiger partial charge in [-0.3, -0.25) is 0 Å². The number of aliphatic hydroxyl groups excluding tert-OH is 1. The van der Waals surface area contributed by atoms with E-state index in [1.54, 1.807) is 0 Å². The number of carbonyl (C=O) groups is 1. The third kappa shape index (κ3) is 3.58. The van der Waals surface area contributed by atoms with Gasteiger partial charge in [0.25, 0.3) is 0 Å². The third-order valence-electron chi connectivity index (χ3n) is 2.19. The Morgan fingerprint density at radius 1 is 1.42 bits per heavy atom. The highest BCUT2D eigenvalue weighted by Gasteiger charge is 2.25. The lowest BCUT2D eigenvalue weighted by molar-refractivity contribution is 0.0697. The molecule has 1 aromatic carbocycles. The Labute approximate surface area is 120 Å². The molecule has 0 unspecified atom stereocenters. The molecule has 0 heterocycles. The van der Waals surface area contributed by atoms with Gasteiger partial charge in [-0.05, 0) is 19.1 Å². The Morgan fingerprint density at radius 3 is 2.47 bits per heavy atom. The Balaban J connectivity index is 3.37. The molecule has 0 aromatic heterocycles. The monoisotopic (exact) mass is 327 g/mol. The summed E-state index contributed by atoms with van der Waals surface area (Å²) in [7, 11) is -4.04. The van der Waals surface area contributed by atoms with Crippen LogP contribution in [0.5, 0.6) is 0 Å². The molecule has 3 N–H and O–H groups in total. The molecule has 19 heavy (non-hydrogen) atoms. The van der Waals surface area contributed by atoms with Gasteiger partial charge < -0.3 is 10.2 Å². The molecule has 0 fully saturated rings. The zero-order chi connectivity index (χ0) is 14.8. The highest BCUT2D eigenvalue weighted by atomic mass is 35.5. The Kier molecular flexibility index (Phi) is 5.17. The summed E-state index contributed by atoms with van der Waals surface area (Å²) in [5.41, 5.74) is -0.483. The smallest absolute Gasteiger partial charge is 0.338 e. The van der Waals surface area contributed by atoms with Crippen molar-refractivity contribution in [3.8, 4) is 0 Å². The fourth-order valence-corrected chi connectivity index (χ4v) is 3.46. The predicted molar refractivity (Wildman–Crippen MR) is 70.3 cm³/mol. The second kappa shape index (κ2) is 6.06. The van der Waals surface area contributed by atoms with Crippen LogP contribution in [0.4, 0.5) is 0 Å². The molecule has 0 aliphatic heterocycles. The average Bonchev–Trinajstić information content (AvgIpc) is 2.27. The molecule has 0 aliphatic carbocycles. The molecule has 6 nitrogen and oxygen atoms in total. The number of aliphatic hydroxyl groups is 1. The van der Waals surface area contributed by atoms with Crippen LogP contribution in [0.15, 0.2) is 17.0 Å². The van der Waals surface area contributed by atoms with Gasteiger partial charge in [-0.25, -0.2) is 17.9 Å².